The van der Waals surface area contributed by atoms with Gasteiger partial charge in [-0.05, 0) is 54.6 Å². The molecule has 2 bridgehead atoms. The molecule has 3 aliphatic carbocycles. The Labute approximate surface area is 212 Å². The highest BCUT2D eigenvalue weighted by Gasteiger charge is 2.68. The number of carbonyl (C=O) groups excluding carboxylic acids is 2. The first kappa shape index (κ1) is 24.9. The summed E-state index contributed by atoms with van der Waals surface area (Å²) in [5, 5.41) is -0.0775. The number of ether oxygens (including phenoxy) is 1. The number of imide groups is 1. The molecule has 35 heavy (non-hydrogen) atoms. The Morgan fingerprint density at radius 3 is 2.37 bits per heavy atom. The first-order chi connectivity index (χ1) is 16.4. The molecule has 5 nitrogen and oxygen atoms in total. The van der Waals surface area contributed by atoms with Crippen LogP contribution in [0.2, 0.25) is 0 Å². The minimum atomic E-state index is -1.25. The maximum Gasteiger partial charge on any atom is 0.238 e. The predicted molar refractivity (Wildman–Crippen MR) is 139 cm³/mol. The van der Waals surface area contributed by atoms with Gasteiger partial charge in [-0.2, -0.15) is 0 Å². The number of benzene rings is 1. The number of fused-ring (bicyclic) bond motifs is 3. The molecule has 2 saturated carbocycles. The number of allylic oxidation sites excluding steroid dienone is 2. The van der Waals surface area contributed by atoms with E-state index in [-0.39, 0.29) is 45.3 Å². The Morgan fingerprint density at radius 2 is 1.71 bits per heavy atom. The van der Waals surface area contributed by atoms with Crippen LogP contribution in [0.15, 0.2) is 41.3 Å². The number of anilines is 1. The first-order valence-electron chi connectivity index (χ1n) is 13.0. The average molecular weight is 498 g/mol. The molecule has 1 heterocycles. The summed E-state index contributed by atoms with van der Waals surface area (Å²) >= 11 is 0. The summed E-state index contributed by atoms with van der Waals surface area (Å²) in [6.45, 7) is 14.1. The van der Waals surface area contributed by atoms with Crippen molar-refractivity contribution in [2.75, 3.05) is 11.5 Å². The molecule has 0 spiro atoms. The van der Waals surface area contributed by atoms with Crippen molar-refractivity contribution in [1.29, 1.82) is 0 Å². The van der Waals surface area contributed by atoms with Crippen LogP contribution >= 0.6 is 0 Å². The van der Waals surface area contributed by atoms with Crippen molar-refractivity contribution in [3.63, 3.8) is 0 Å². The molecule has 1 unspecified atom stereocenters. The molecule has 5 rings (SSSR count). The van der Waals surface area contributed by atoms with Gasteiger partial charge in [0.25, 0.3) is 0 Å². The van der Waals surface area contributed by atoms with E-state index in [0.29, 0.717) is 31.1 Å². The van der Waals surface area contributed by atoms with E-state index in [2.05, 4.69) is 41.5 Å². The van der Waals surface area contributed by atoms with Gasteiger partial charge in [0.2, 0.25) is 11.8 Å². The van der Waals surface area contributed by atoms with Gasteiger partial charge < -0.3 is 4.74 Å². The molecule has 7 atom stereocenters. The molecule has 1 saturated heterocycles. The van der Waals surface area contributed by atoms with E-state index in [1.54, 1.807) is 12.1 Å². The molecule has 0 aromatic heterocycles. The standard InChI is InChI=1S/C29H39NO4S/c1-27(2,3)17-34-24-23(22-14-15-29(24,6)28(22,4)5)35(33)19-12-13-20-21(16-19)26(32)30(25(20)31)18-10-8-7-9-11-18/h7-12,20-24H,13-17H2,1-6H3/t20-,21+,22+,23+,24+,29-,35?/m0/s1. The third-order valence-corrected chi connectivity index (χ3v) is 11.4. The van der Waals surface area contributed by atoms with Crippen LogP contribution in [0.3, 0.4) is 0 Å². The normalized spacial score (nSPS) is 36.9. The number of amides is 2. The molecule has 3 fully saturated rings. The number of carbonyl (C=O) groups is 2. The van der Waals surface area contributed by atoms with Crippen molar-refractivity contribution in [2.45, 2.75) is 78.6 Å². The van der Waals surface area contributed by atoms with Crippen LogP contribution in [-0.4, -0.2) is 34.0 Å². The van der Waals surface area contributed by atoms with Gasteiger partial charge in [0.05, 0.1) is 46.3 Å². The zero-order valence-corrected chi connectivity index (χ0v) is 22.7. The fourth-order valence-corrected chi connectivity index (χ4v) is 9.44. The van der Waals surface area contributed by atoms with Crippen LogP contribution in [-0.2, 0) is 25.1 Å². The Hall–Kier alpha value is -1.79. The van der Waals surface area contributed by atoms with Crippen LogP contribution in [0.4, 0.5) is 5.69 Å². The van der Waals surface area contributed by atoms with E-state index in [9.17, 15) is 13.8 Å². The lowest BCUT2D eigenvalue weighted by molar-refractivity contribution is -0.122. The Kier molecular flexibility index (Phi) is 5.95. The highest BCUT2D eigenvalue weighted by Crippen LogP contribution is 2.68. The number of nitrogens with zero attached hydrogens (tertiary/aromatic N) is 1. The van der Waals surface area contributed by atoms with Gasteiger partial charge in [-0.1, -0.05) is 65.8 Å². The van der Waals surface area contributed by atoms with Gasteiger partial charge in [0, 0.05) is 10.3 Å². The maximum atomic E-state index is 14.2. The van der Waals surface area contributed by atoms with Gasteiger partial charge in [-0.15, -0.1) is 0 Å². The summed E-state index contributed by atoms with van der Waals surface area (Å²) in [7, 11) is -1.25. The van der Waals surface area contributed by atoms with Gasteiger partial charge in [0.1, 0.15) is 0 Å². The van der Waals surface area contributed by atoms with Gasteiger partial charge in [-0.25, -0.2) is 0 Å². The Bertz CT molecular complexity index is 1090. The molecule has 0 radical (unpaired) electrons. The minimum absolute atomic E-state index is 0.0236. The summed E-state index contributed by atoms with van der Waals surface area (Å²) in [6, 6.07) is 9.15. The quantitative estimate of drug-likeness (QED) is 0.506. The van der Waals surface area contributed by atoms with Gasteiger partial charge >= 0.3 is 0 Å². The summed E-state index contributed by atoms with van der Waals surface area (Å²) in [6.07, 6.45) is 4.96. The molecule has 1 aliphatic heterocycles. The van der Waals surface area contributed by atoms with E-state index in [1.807, 2.05) is 24.3 Å². The SMILES string of the molecule is CC(C)(C)CO[C@@H]1[C@H](S(=O)C2=CC[C@@H]3C(=O)N(c4ccccc4)C(=O)[C@@H]3C2)[C@H]2CC[C@]1(C)C2(C)C. The van der Waals surface area contributed by atoms with E-state index in [0.717, 1.165) is 17.7 Å². The Balaban J connectivity index is 1.40. The molecule has 1 aromatic rings. The van der Waals surface area contributed by atoms with Crippen molar-refractivity contribution in [3.05, 3.63) is 41.3 Å². The van der Waals surface area contributed by atoms with Crippen LogP contribution in [0, 0.1) is 34.0 Å². The second-order valence-corrected chi connectivity index (χ2v) is 14.7. The van der Waals surface area contributed by atoms with Crippen molar-refractivity contribution in [2.24, 2.45) is 34.0 Å². The van der Waals surface area contributed by atoms with Crippen LogP contribution < -0.4 is 4.90 Å². The Morgan fingerprint density at radius 1 is 1.06 bits per heavy atom. The molecule has 190 valence electrons. The summed E-state index contributed by atoms with van der Waals surface area (Å²) in [5.41, 5.74) is 0.669. The lowest BCUT2D eigenvalue weighted by Crippen LogP contribution is -2.45. The lowest BCUT2D eigenvalue weighted by atomic mass is 9.70. The first-order valence-corrected chi connectivity index (χ1v) is 14.2. The smallest absolute Gasteiger partial charge is 0.238 e. The summed E-state index contributed by atoms with van der Waals surface area (Å²) in [5.74, 6) is -0.756. The van der Waals surface area contributed by atoms with E-state index in [4.69, 9.17) is 4.74 Å². The summed E-state index contributed by atoms with van der Waals surface area (Å²) in [4.78, 5) is 28.7. The van der Waals surface area contributed by atoms with Crippen molar-refractivity contribution < 1.29 is 18.5 Å². The van der Waals surface area contributed by atoms with Crippen molar-refractivity contribution in [1.82, 2.24) is 0 Å². The number of para-hydroxylation sites is 1. The largest absolute Gasteiger partial charge is 0.376 e. The fraction of sp³-hybridized carbons (Fsp3) is 0.655. The zero-order valence-electron chi connectivity index (χ0n) is 21.9. The zero-order chi connectivity index (χ0) is 25.3. The molecule has 2 amide bonds. The minimum Gasteiger partial charge on any atom is -0.376 e. The topological polar surface area (TPSA) is 63.7 Å². The predicted octanol–water partition coefficient (Wildman–Crippen LogP) is 5.47. The number of hydrogen-bond donors (Lipinski definition) is 0. The van der Waals surface area contributed by atoms with E-state index < -0.39 is 16.7 Å². The lowest BCUT2D eigenvalue weighted by Gasteiger charge is -2.41. The van der Waals surface area contributed by atoms with Gasteiger partial charge in [0.15, 0.2) is 0 Å². The molecule has 4 aliphatic rings. The highest BCUT2D eigenvalue weighted by atomic mass is 32.2. The van der Waals surface area contributed by atoms with Gasteiger partial charge in [-0.3, -0.25) is 18.7 Å². The van der Waals surface area contributed by atoms with Crippen molar-refractivity contribution >= 4 is 28.3 Å². The van der Waals surface area contributed by atoms with E-state index >= 15 is 0 Å². The van der Waals surface area contributed by atoms with Crippen molar-refractivity contribution in [3.8, 4) is 0 Å². The molecule has 1 aromatic carbocycles. The molecular weight excluding hydrogens is 458 g/mol. The monoisotopic (exact) mass is 497 g/mol. The highest BCUT2D eigenvalue weighted by molar-refractivity contribution is 7.89. The molecular formula is C29H39NO4S. The second-order valence-electron chi connectivity index (χ2n) is 13.0. The fourth-order valence-electron chi connectivity index (χ4n) is 7.11. The third kappa shape index (κ3) is 3.78. The van der Waals surface area contributed by atoms with Crippen LogP contribution in [0.25, 0.3) is 0 Å². The number of rotatable bonds is 5. The van der Waals surface area contributed by atoms with Crippen LogP contribution in [0.1, 0.15) is 67.2 Å². The van der Waals surface area contributed by atoms with E-state index in [1.165, 1.54) is 4.90 Å². The third-order valence-electron chi connectivity index (χ3n) is 9.49. The number of hydrogen-bond acceptors (Lipinski definition) is 4. The molecule has 6 heteroatoms. The maximum absolute atomic E-state index is 14.2. The average Bonchev–Trinajstić information content (AvgIpc) is 3.26. The second kappa shape index (κ2) is 8.37. The summed E-state index contributed by atoms with van der Waals surface area (Å²) < 4.78 is 20.9. The van der Waals surface area contributed by atoms with Crippen LogP contribution in [0.5, 0.6) is 0 Å². The molecule has 0 N–H and O–H groups in total.